The first kappa shape index (κ1) is 22.9. The molecule has 164 valence electrons. The van der Waals surface area contributed by atoms with Crippen LogP contribution in [0.25, 0.3) is 11.5 Å². The first-order valence-corrected chi connectivity index (χ1v) is 12.0. The lowest BCUT2D eigenvalue weighted by Crippen LogP contribution is -2.26. The van der Waals surface area contributed by atoms with Crippen molar-refractivity contribution in [3.63, 3.8) is 0 Å². The summed E-state index contributed by atoms with van der Waals surface area (Å²) in [5.41, 5.74) is 3.04. The molecule has 5 nitrogen and oxygen atoms in total. The predicted molar refractivity (Wildman–Crippen MR) is 121 cm³/mol. The maximum atomic E-state index is 11.4. The zero-order chi connectivity index (χ0) is 21.5. The molecule has 0 aliphatic heterocycles. The molecule has 1 saturated carbocycles. The molecule has 1 fully saturated rings. The maximum Gasteiger partial charge on any atom is 0.316 e. The lowest BCUT2D eigenvalue weighted by atomic mass is 9.88. The minimum Gasteiger partial charge on any atom is -0.480 e. The average Bonchev–Trinajstić information content (AvgIpc) is 3.10. The van der Waals surface area contributed by atoms with Gasteiger partial charge in [0, 0.05) is 5.56 Å². The summed E-state index contributed by atoms with van der Waals surface area (Å²) in [6.07, 6.45) is 6.19. The number of carboxylic acids is 1. The Kier molecular flexibility index (Phi) is 8.40. The van der Waals surface area contributed by atoms with Crippen LogP contribution in [0.3, 0.4) is 0 Å². The third-order valence-electron chi connectivity index (χ3n) is 5.74. The second-order valence-corrected chi connectivity index (χ2v) is 9.54. The molecular formula is C24H33NO4S. The van der Waals surface area contributed by atoms with Crippen molar-refractivity contribution >= 4 is 17.7 Å². The van der Waals surface area contributed by atoms with E-state index in [2.05, 4.69) is 24.0 Å². The molecule has 1 heterocycles. The van der Waals surface area contributed by atoms with E-state index in [1.54, 1.807) is 11.8 Å². The molecule has 0 saturated heterocycles. The van der Waals surface area contributed by atoms with Gasteiger partial charge in [0.05, 0.1) is 12.7 Å². The fraction of sp³-hybridized carbons (Fsp3) is 0.583. The monoisotopic (exact) mass is 431 g/mol. The summed E-state index contributed by atoms with van der Waals surface area (Å²) in [7, 11) is 0. The molecular weight excluding hydrogens is 398 g/mol. The summed E-state index contributed by atoms with van der Waals surface area (Å²) < 4.78 is 12.1. The zero-order valence-electron chi connectivity index (χ0n) is 18.2. The van der Waals surface area contributed by atoms with Crippen molar-refractivity contribution in [1.82, 2.24) is 4.98 Å². The van der Waals surface area contributed by atoms with Crippen LogP contribution in [0.15, 0.2) is 28.7 Å². The van der Waals surface area contributed by atoms with E-state index in [4.69, 9.17) is 9.15 Å². The molecule has 0 spiro atoms. The number of hydrogen-bond donors (Lipinski definition) is 1. The molecule has 6 heteroatoms. The molecule has 1 N–H and O–H groups in total. The van der Waals surface area contributed by atoms with Gasteiger partial charge in [0.15, 0.2) is 0 Å². The lowest BCUT2D eigenvalue weighted by Gasteiger charge is -2.29. The Balaban J connectivity index is 1.51. The Morgan fingerprint density at radius 1 is 1.30 bits per heavy atom. The highest BCUT2D eigenvalue weighted by Gasteiger charge is 2.26. The number of aliphatic carboxylic acids is 1. The van der Waals surface area contributed by atoms with E-state index in [1.165, 1.54) is 5.56 Å². The van der Waals surface area contributed by atoms with Gasteiger partial charge in [-0.1, -0.05) is 37.5 Å². The van der Waals surface area contributed by atoms with Crippen molar-refractivity contribution in [2.45, 2.75) is 77.3 Å². The third kappa shape index (κ3) is 6.35. The van der Waals surface area contributed by atoms with Crippen LogP contribution in [0.1, 0.15) is 62.5 Å². The number of carbonyl (C=O) groups is 1. The van der Waals surface area contributed by atoms with Gasteiger partial charge in [0.25, 0.3) is 0 Å². The predicted octanol–water partition coefficient (Wildman–Crippen LogP) is 6.02. The Morgan fingerprint density at radius 3 is 2.77 bits per heavy atom. The fourth-order valence-electron chi connectivity index (χ4n) is 3.92. The molecule has 1 unspecified atom stereocenters. The Labute approximate surface area is 183 Å². The van der Waals surface area contributed by atoms with Gasteiger partial charge < -0.3 is 14.3 Å². The Morgan fingerprint density at radius 2 is 2.07 bits per heavy atom. The van der Waals surface area contributed by atoms with E-state index < -0.39 is 5.97 Å². The number of rotatable bonds is 10. The summed E-state index contributed by atoms with van der Waals surface area (Å²) in [6.45, 7) is 6.49. The molecule has 1 aromatic heterocycles. The molecule has 0 bridgehead atoms. The van der Waals surface area contributed by atoms with Crippen LogP contribution in [0.5, 0.6) is 0 Å². The molecule has 0 amide bonds. The molecule has 3 rings (SSSR count). The minimum atomic E-state index is -0.684. The van der Waals surface area contributed by atoms with Crippen LogP contribution in [-0.2, 0) is 16.1 Å². The molecule has 2 aromatic rings. The standard InChI is InChI=1S/C24H33NO4S/c1-4-6-22(24(26)27)30-15-18-7-5-8-20(13-18)28-14-21-17(3)29-23(25-21)19-11-9-16(2)10-12-19/h9-12,18,20,22H,4-8,13-15H2,1-3H3,(H,26,27)/t18-,20+,22?/m0/s1. The average molecular weight is 432 g/mol. The van der Waals surface area contributed by atoms with Crippen LogP contribution >= 0.6 is 11.8 Å². The number of carboxylic acid groups (broad SMARTS) is 1. The van der Waals surface area contributed by atoms with Crippen LogP contribution < -0.4 is 0 Å². The van der Waals surface area contributed by atoms with Crippen molar-refractivity contribution in [2.24, 2.45) is 5.92 Å². The first-order valence-electron chi connectivity index (χ1n) is 11.0. The van der Waals surface area contributed by atoms with Crippen LogP contribution in [0, 0.1) is 19.8 Å². The Hall–Kier alpha value is -1.79. The van der Waals surface area contributed by atoms with Crippen molar-refractivity contribution in [3.05, 3.63) is 41.3 Å². The number of aryl methyl sites for hydroxylation is 2. The van der Waals surface area contributed by atoms with E-state index in [1.807, 2.05) is 26.0 Å². The lowest BCUT2D eigenvalue weighted by molar-refractivity contribution is -0.136. The van der Waals surface area contributed by atoms with E-state index in [0.717, 1.165) is 61.3 Å². The number of hydrogen-bond acceptors (Lipinski definition) is 5. The summed E-state index contributed by atoms with van der Waals surface area (Å²) in [5, 5.41) is 9.08. The molecule has 1 aromatic carbocycles. The van der Waals surface area contributed by atoms with E-state index in [9.17, 15) is 9.90 Å². The number of aromatic nitrogens is 1. The van der Waals surface area contributed by atoms with Gasteiger partial charge in [-0.15, -0.1) is 11.8 Å². The van der Waals surface area contributed by atoms with Crippen molar-refractivity contribution in [2.75, 3.05) is 5.75 Å². The number of ether oxygens (including phenoxy) is 1. The largest absolute Gasteiger partial charge is 0.480 e. The number of oxazole rings is 1. The van der Waals surface area contributed by atoms with Crippen LogP contribution in [0.2, 0.25) is 0 Å². The highest BCUT2D eigenvalue weighted by Crippen LogP contribution is 2.32. The number of benzene rings is 1. The summed E-state index contributed by atoms with van der Waals surface area (Å²) in [4.78, 5) is 16.0. The van der Waals surface area contributed by atoms with Gasteiger partial charge in [-0.3, -0.25) is 4.79 Å². The fourth-order valence-corrected chi connectivity index (χ4v) is 5.27. The van der Waals surface area contributed by atoms with Crippen molar-refractivity contribution in [1.29, 1.82) is 0 Å². The first-order chi connectivity index (χ1) is 14.5. The normalized spacial score (nSPS) is 20.2. The molecule has 30 heavy (non-hydrogen) atoms. The third-order valence-corrected chi connectivity index (χ3v) is 7.24. The second-order valence-electron chi connectivity index (χ2n) is 8.30. The van der Waals surface area contributed by atoms with E-state index in [0.29, 0.717) is 18.4 Å². The van der Waals surface area contributed by atoms with Crippen LogP contribution in [0.4, 0.5) is 0 Å². The minimum absolute atomic E-state index is 0.206. The van der Waals surface area contributed by atoms with Gasteiger partial charge in [0.2, 0.25) is 5.89 Å². The zero-order valence-corrected chi connectivity index (χ0v) is 19.0. The smallest absolute Gasteiger partial charge is 0.316 e. The topological polar surface area (TPSA) is 72.6 Å². The second kappa shape index (κ2) is 11.0. The molecule has 3 atom stereocenters. The van der Waals surface area contributed by atoms with Crippen molar-refractivity contribution < 1.29 is 19.1 Å². The Bertz CT molecular complexity index is 817. The maximum absolute atomic E-state index is 11.4. The van der Waals surface area contributed by atoms with Gasteiger partial charge in [-0.25, -0.2) is 4.98 Å². The van der Waals surface area contributed by atoms with Gasteiger partial charge >= 0.3 is 5.97 Å². The van der Waals surface area contributed by atoms with Crippen LogP contribution in [-0.4, -0.2) is 33.2 Å². The quantitative estimate of drug-likeness (QED) is 0.496. The summed E-state index contributed by atoms with van der Waals surface area (Å²) in [5.74, 6) is 2.18. The number of nitrogens with zero attached hydrogens (tertiary/aromatic N) is 1. The van der Waals surface area contributed by atoms with E-state index in [-0.39, 0.29) is 11.4 Å². The molecule has 1 aliphatic rings. The highest BCUT2D eigenvalue weighted by molar-refractivity contribution is 8.00. The molecule has 0 radical (unpaired) electrons. The van der Waals surface area contributed by atoms with Gasteiger partial charge in [-0.05, 0) is 63.3 Å². The highest BCUT2D eigenvalue weighted by atomic mass is 32.2. The van der Waals surface area contributed by atoms with Crippen molar-refractivity contribution in [3.8, 4) is 11.5 Å². The number of thioether (sulfide) groups is 1. The van der Waals surface area contributed by atoms with Gasteiger partial charge in [0.1, 0.15) is 16.7 Å². The molecule has 1 aliphatic carbocycles. The summed E-state index contributed by atoms with van der Waals surface area (Å²) in [6, 6.07) is 8.16. The SMILES string of the molecule is CCCC(SC[C@H]1CCC[C@@H](OCc2nc(-c3ccc(C)cc3)oc2C)C1)C(=O)O. The van der Waals surface area contributed by atoms with E-state index >= 15 is 0 Å². The summed E-state index contributed by atoms with van der Waals surface area (Å²) >= 11 is 1.60. The van der Waals surface area contributed by atoms with Gasteiger partial charge in [-0.2, -0.15) is 0 Å².